The third-order valence-corrected chi connectivity index (χ3v) is 3.11. The molecule has 0 spiro atoms. The van der Waals surface area contributed by atoms with Crippen LogP contribution < -0.4 is 11.1 Å². The second-order valence-corrected chi connectivity index (χ2v) is 4.22. The highest BCUT2D eigenvalue weighted by molar-refractivity contribution is 5.77. The van der Waals surface area contributed by atoms with Crippen LogP contribution in [0.15, 0.2) is 0 Å². The van der Waals surface area contributed by atoms with Gasteiger partial charge in [-0.3, -0.25) is 4.79 Å². The fraction of sp³-hybridized carbons (Fsp3) is 0.909. The van der Waals surface area contributed by atoms with E-state index in [1.54, 1.807) is 0 Å². The van der Waals surface area contributed by atoms with Crippen molar-refractivity contribution in [3.8, 4) is 0 Å². The van der Waals surface area contributed by atoms with Gasteiger partial charge in [-0.1, -0.05) is 13.8 Å². The van der Waals surface area contributed by atoms with Crippen LogP contribution >= 0.6 is 0 Å². The molecule has 0 aromatic heterocycles. The Kier molecular flexibility index (Phi) is 4.54. The lowest BCUT2D eigenvalue weighted by atomic mass is 9.97. The zero-order valence-corrected chi connectivity index (χ0v) is 9.71. The molecule has 1 fully saturated rings. The Morgan fingerprint density at radius 2 is 2.07 bits per heavy atom. The number of nitrogens with one attached hydrogen (secondary N) is 1. The molecule has 0 aromatic carbocycles. The van der Waals surface area contributed by atoms with Crippen molar-refractivity contribution in [3.63, 3.8) is 0 Å². The molecule has 0 unspecified atom stereocenters. The number of amides is 1. The Morgan fingerprint density at radius 1 is 1.47 bits per heavy atom. The smallest absolute Gasteiger partial charge is 0.246 e. The van der Waals surface area contributed by atoms with Gasteiger partial charge < -0.3 is 15.8 Å². The van der Waals surface area contributed by atoms with Gasteiger partial charge in [0.25, 0.3) is 0 Å². The van der Waals surface area contributed by atoms with Crippen molar-refractivity contribution in [3.05, 3.63) is 0 Å². The average Bonchev–Trinajstić information content (AvgIpc) is 3.05. The molecule has 0 aromatic rings. The molecular formula is C11H22N2O2. The van der Waals surface area contributed by atoms with E-state index < -0.39 is 0 Å². The van der Waals surface area contributed by atoms with Gasteiger partial charge >= 0.3 is 0 Å². The molecule has 1 aliphatic carbocycles. The van der Waals surface area contributed by atoms with E-state index in [-0.39, 0.29) is 18.1 Å². The highest BCUT2D eigenvalue weighted by Gasteiger charge is 2.28. The average molecular weight is 214 g/mol. The van der Waals surface area contributed by atoms with Crippen LogP contribution in [0, 0.1) is 0 Å². The lowest BCUT2D eigenvalue weighted by molar-refractivity contribution is -0.133. The Morgan fingerprint density at radius 3 is 2.47 bits per heavy atom. The van der Waals surface area contributed by atoms with Gasteiger partial charge in [0.1, 0.15) is 6.61 Å². The summed E-state index contributed by atoms with van der Waals surface area (Å²) < 4.78 is 5.63. The van der Waals surface area contributed by atoms with Crippen LogP contribution in [0.5, 0.6) is 0 Å². The molecule has 3 N–H and O–H groups in total. The van der Waals surface area contributed by atoms with Gasteiger partial charge in [0, 0.05) is 12.6 Å². The predicted molar refractivity (Wildman–Crippen MR) is 59.5 cm³/mol. The van der Waals surface area contributed by atoms with Gasteiger partial charge in [-0.05, 0) is 25.7 Å². The molecule has 1 rings (SSSR count). The zero-order chi connectivity index (χ0) is 11.3. The third kappa shape index (κ3) is 3.80. The molecule has 1 aliphatic rings. The van der Waals surface area contributed by atoms with E-state index in [0.717, 1.165) is 25.7 Å². The maximum absolute atomic E-state index is 11.4. The summed E-state index contributed by atoms with van der Waals surface area (Å²) in [4.78, 5) is 11.4. The highest BCUT2D eigenvalue weighted by atomic mass is 16.5. The largest absolute Gasteiger partial charge is 0.364 e. The second-order valence-electron chi connectivity index (χ2n) is 4.22. The first kappa shape index (κ1) is 12.5. The molecule has 15 heavy (non-hydrogen) atoms. The Hall–Kier alpha value is -0.610. The van der Waals surface area contributed by atoms with Crippen molar-refractivity contribution in [2.45, 2.75) is 51.2 Å². The fourth-order valence-corrected chi connectivity index (χ4v) is 1.52. The van der Waals surface area contributed by atoms with E-state index in [1.807, 2.05) is 13.8 Å². The number of hydrogen-bond acceptors (Lipinski definition) is 3. The summed E-state index contributed by atoms with van der Waals surface area (Å²) in [6.07, 6.45) is 3.90. The minimum absolute atomic E-state index is 0.0165. The maximum atomic E-state index is 11.4. The Bertz CT molecular complexity index is 202. The topological polar surface area (TPSA) is 64.3 Å². The Balaban J connectivity index is 2.28. The molecule has 4 heteroatoms. The molecular weight excluding hydrogens is 192 g/mol. The molecule has 4 nitrogen and oxygen atoms in total. The molecule has 1 saturated carbocycles. The van der Waals surface area contributed by atoms with Crippen molar-refractivity contribution < 1.29 is 9.53 Å². The van der Waals surface area contributed by atoms with E-state index in [0.29, 0.717) is 12.6 Å². The Labute approximate surface area is 91.5 Å². The van der Waals surface area contributed by atoms with E-state index in [4.69, 9.17) is 10.5 Å². The SMILES string of the molecule is CCC(CC)(CN)OCC(=O)NC1CC1. The van der Waals surface area contributed by atoms with Gasteiger partial charge in [0.15, 0.2) is 0 Å². The number of ether oxygens (including phenoxy) is 1. The van der Waals surface area contributed by atoms with Gasteiger partial charge in [-0.15, -0.1) is 0 Å². The molecule has 0 bridgehead atoms. The van der Waals surface area contributed by atoms with Crippen LogP contribution in [0.25, 0.3) is 0 Å². The van der Waals surface area contributed by atoms with Crippen molar-refractivity contribution in [2.75, 3.05) is 13.2 Å². The van der Waals surface area contributed by atoms with Crippen LogP contribution in [-0.4, -0.2) is 30.7 Å². The second kappa shape index (κ2) is 5.47. The first-order chi connectivity index (χ1) is 7.15. The minimum Gasteiger partial charge on any atom is -0.364 e. The molecule has 88 valence electrons. The van der Waals surface area contributed by atoms with E-state index in [2.05, 4.69) is 5.32 Å². The maximum Gasteiger partial charge on any atom is 0.246 e. The van der Waals surface area contributed by atoms with Crippen molar-refractivity contribution in [2.24, 2.45) is 5.73 Å². The summed E-state index contributed by atoms with van der Waals surface area (Å²) in [5.41, 5.74) is 5.35. The number of rotatable bonds is 7. The van der Waals surface area contributed by atoms with Gasteiger partial charge in [-0.25, -0.2) is 0 Å². The van der Waals surface area contributed by atoms with Crippen LogP contribution in [0.3, 0.4) is 0 Å². The van der Waals surface area contributed by atoms with Crippen molar-refractivity contribution >= 4 is 5.91 Å². The number of carbonyl (C=O) groups excluding carboxylic acids is 1. The lowest BCUT2D eigenvalue weighted by Gasteiger charge is -2.30. The minimum atomic E-state index is -0.319. The first-order valence-electron chi connectivity index (χ1n) is 5.79. The number of hydrogen-bond donors (Lipinski definition) is 2. The number of carbonyl (C=O) groups is 1. The van der Waals surface area contributed by atoms with Crippen LogP contribution in [0.1, 0.15) is 39.5 Å². The highest BCUT2D eigenvalue weighted by Crippen LogP contribution is 2.20. The van der Waals surface area contributed by atoms with Gasteiger partial charge in [-0.2, -0.15) is 0 Å². The van der Waals surface area contributed by atoms with Crippen LogP contribution in [0.2, 0.25) is 0 Å². The third-order valence-electron chi connectivity index (χ3n) is 3.11. The molecule has 0 saturated heterocycles. The van der Waals surface area contributed by atoms with Crippen LogP contribution in [0.4, 0.5) is 0 Å². The van der Waals surface area contributed by atoms with Gasteiger partial charge in [0.05, 0.1) is 5.60 Å². The fourth-order valence-electron chi connectivity index (χ4n) is 1.52. The summed E-state index contributed by atoms with van der Waals surface area (Å²) >= 11 is 0. The quantitative estimate of drug-likeness (QED) is 0.659. The predicted octanol–water partition coefficient (Wildman–Crippen LogP) is 0.799. The van der Waals surface area contributed by atoms with Crippen LogP contribution in [-0.2, 0) is 9.53 Å². The van der Waals surface area contributed by atoms with Gasteiger partial charge in [0.2, 0.25) is 5.91 Å². The molecule has 0 heterocycles. The standard InChI is InChI=1S/C11H22N2O2/c1-3-11(4-2,8-12)15-7-10(14)13-9-5-6-9/h9H,3-8,12H2,1-2H3,(H,13,14). The van der Waals surface area contributed by atoms with Crippen molar-refractivity contribution in [1.82, 2.24) is 5.32 Å². The summed E-state index contributed by atoms with van der Waals surface area (Å²) in [5.74, 6) is -0.0165. The monoisotopic (exact) mass is 214 g/mol. The molecule has 0 aliphatic heterocycles. The van der Waals surface area contributed by atoms with E-state index in [9.17, 15) is 4.79 Å². The normalized spacial score (nSPS) is 16.5. The van der Waals surface area contributed by atoms with E-state index >= 15 is 0 Å². The van der Waals surface area contributed by atoms with Crippen molar-refractivity contribution in [1.29, 1.82) is 0 Å². The molecule has 0 radical (unpaired) electrons. The number of nitrogens with two attached hydrogens (primary N) is 1. The van der Waals surface area contributed by atoms with E-state index in [1.165, 1.54) is 0 Å². The molecule has 0 atom stereocenters. The summed E-state index contributed by atoms with van der Waals surface area (Å²) in [6, 6.07) is 0.400. The zero-order valence-electron chi connectivity index (χ0n) is 9.71. The first-order valence-corrected chi connectivity index (χ1v) is 5.79. The summed E-state index contributed by atoms with van der Waals surface area (Å²) in [6.45, 7) is 4.68. The summed E-state index contributed by atoms with van der Waals surface area (Å²) in [7, 11) is 0. The molecule has 1 amide bonds. The summed E-state index contributed by atoms with van der Waals surface area (Å²) in [5, 5.41) is 2.89. The lowest BCUT2D eigenvalue weighted by Crippen LogP contribution is -2.42.